The number of sulfone groups is 1. The summed E-state index contributed by atoms with van der Waals surface area (Å²) in [6.07, 6.45) is 3.24. The van der Waals surface area contributed by atoms with Crippen LogP contribution in [-0.2, 0) is 9.84 Å². The van der Waals surface area contributed by atoms with E-state index in [1.807, 2.05) is 0 Å². The molecule has 0 aromatic carbocycles. The summed E-state index contributed by atoms with van der Waals surface area (Å²) in [5.74, 6) is 1.58. The first kappa shape index (κ1) is 14.9. The summed E-state index contributed by atoms with van der Waals surface area (Å²) in [6.45, 7) is 7.08. The first-order chi connectivity index (χ1) is 7.83. The van der Waals surface area contributed by atoms with E-state index in [2.05, 4.69) is 18.7 Å². The van der Waals surface area contributed by atoms with Gasteiger partial charge in [-0.1, -0.05) is 13.8 Å². The van der Waals surface area contributed by atoms with E-state index in [4.69, 9.17) is 5.73 Å². The Hall–Kier alpha value is -0.130. The molecule has 1 fully saturated rings. The van der Waals surface area contributed by atoms with E-state index in [0.717, 1.165) is 19.5 Å². The Morgan fingerprint density at radius 1 is 1.35 bits per heavy atom. The number of hydrogen-bond donors (Lipinski definition) is 1. The van der Waals surface area contributed by atoms with E-state index >= 15 is 0 Å². The molecule has 1 heterocycles. The quantitative estimate of drug-likeness (QED) is 0.793. The molecule has 2 N–H and O–H groups in total. The van der Waals surface area contributed by atoms with Crippen molar-refractivity contribution >= 4 is 9.84 Å². The van der Waals surface area contributed by atoms with Crippen molar-refractivity contribution in [1.82, 2.24) is 4.90 Å². The van der Waals surface area contributed by atoms with Gasteiger partial charge in [-0.05, 0) is 31.2 Å². The Morgan fingerprint density at radius 2 is 2.00 bits per heavy atom. The molecule has 0 spiro atoms. The summed E-state index contributed by atoms with van der Waals surface area (Å²) in [5.41, 5.74) is 5.83. The van der Waals surface area contributed by atoms with Crippen LogP contribution in [0.2, 0.25) is 0 Å². The summed E-state index contributed by atoms with van der Waals surface area (Å²) in [5, 5.41) is 0. The standard InChI is InChI=1S/C12H26N2O2S/c1-10-7-11(2)12(8-13)14(9-10)5-4-6-17(3,15)16/h10-12H,4-9,13H2,1-3H3. The van der Waals surface area contributed by atoms with Gasteiger partial charge >= 0.3 is 0 Å². The maximum absolute atomic E-state index is 11.1. The second-order valence-electron chi connectivity index (χ2n) is 5.60. The number of piperidine rings is 1. The monoisotopic (exact) mass is 262 g/mol. The second-order valence-corrected chi connectivity index (χ2v) is 7.86. The predicted octanol–water partition coefficient (Wildman–Crippen LogP) is 0.726. The lowest BCUT2D eigenvalue weighted by Gasteiger charge is -2.42. The molecule has 0 bridgehead atoms. The third kappa shape index (κ3) is 4.94. The number of nitrogens with zero attached hydrogens (tertiary/aromatic N) is 1. The topological polar surface area (TPSA) is 63.4 Å². The minimum Gasteiger partial charge on any atom is -0.329 e. The van der Waals surface area contributed by atoms with Crippen LogP contribution in [0.25, 0.3) is 0 Å². The Kier molecular flexibility index (Phi) is 5.41. The summed E-state index contributed by atoms with van der Waals surface area (Å²) >= 11 is 0. The van der Waals surface area contributed by atoms with Crippen LogP contribution in [0, 0.1) is 11.8 Å². The van der Waals surface area contributed by atoms with Gasteiger partial charge in [-0.15, -0.1) is 0 Å². The molecular formula is C12H26N2O2S. The highest BCUT2D eigenvalue weighted by molar-refractivity contribution is 7.90. The van der Waals surface area contributed by atoms with E-state index in [9.17, 15) is 8.42 Å². The van der Waals surface area contributed by atoms with Crippen molar-refractivity contribution in [1.29, 1.82) is 0 Å². The Morgan fingerprint density at radius 3 is 2.53 bits per heavy atom. The maximum Gasteiger partial charge on any atom is 0.147 e. The fourth-order valence-corrected chi connectivity index (χ4v) is 3.58. The van der Waals surface area contributed by atoms with Crippen LogP contribution in [0.3, 0.4) is 0 Å². The van der Waals surface area contributed by atoms with Gasteiger partial charge in [-0.3, -0.25) is 4.90 Å². The van der Waals surface area contributed by atoms with Crippen molar-refractivity contribution in [2.75, 3.05) is 31.6 Å². The van der Waals surface area contributed by atoms with Crippen LogP contribution in [0.1, 0.15) is 26.7 Å². The minimum absolute atomic E-state index is 0.281. The smallest absolute Gasteiger partial charge is 0.147 e. The van der Waals surface area contributed by atoms with Gasteiger partial charge < -0.3 is 5.73 Å². The second kappa shape index (κ2) is 6.16. The van der Waals surface area contributed by atoms with Crippen LogP contribution in [-0.4, -0.2) is 51.0 Å². The first-order valence-electron chi connectivity index (χ1n) is 6.45. The van der Waals surface area contributed by atoms with Gasteiger partial charge in [0, 0.05) is 25.4 Å². The number of hydrogen-bond acceptors (Lipinski definition) is 4. The highest BCUT2D eigenvalue weighted by Crippen LogP contribution is 2.26. The molecule has 4 nitrogen and oxygen atoms in total. The molecule has 0 aliphatic carbocycles. The average molecular weight is 262 g/mol. The van der Waals surface area contributed by atoms with Gasteiger partial charge in [0.15, 0.2) is 0 Å². The number of rotatable bonds is 5. The highest BCUT2D eigenvalue weighted by atomic mass is 32.2. The SMILES string of the molecule is CC1CC(C)C(CN)N(CCCS(C)(=O)=O)C1. The van der Waals surface area contributed by atoms with Crippen molar-refractivity contribution in [2.45, 2.75) is 32.7 Å². The Bertz CT molecular complexity index is 329. The van der Waals surface area contributed by atoms with Crippen LogP contribution in [0.15, 0.2) is 0 Å². The Labute approximate surface area is 105 Å². The molecule has 1 rings (SSSR count). The third-order valence-electron chi connectivity index (χ3n) is 3.65. The number of nitrogens with two attached hydrogens (primary N) is 1. The van der Waals surface area contributed by atoms with Crippen molar-refractivity contribution in [3.05, 3.63) is 0 Å². The molecule has 0 radical (unpaired) electrons. The van der Waals surface area contributed by atoms with Gasteiger partial charge in [-0.25, -0.2) is 8.42 Å². The summed E-state index contributed by atoms with van der Waals surface area (Å²) in [4.78, 5) is 2.38. The summed E-state index contributed by atoms with van der Waals surface area (Å²) in [6, 6.07) is 0.422. The lowest BCUT2D eigenvalue weighted by molar-refractivity contribution is 0.0740. The van der Waals surface area contributed by atoms with Crippen molar-refractivity contribution in [2.24, 2.45) is 17.6 Å². The molecule has 1 aliphatic heterocycles. The fourth-order valence-electron chi connectivity index (χ4n) is 2.93. The summed E-state index contributed by atoms with van der Waals surface area (Å²) in [7, 11) is -2.83. The fraction of sp³-hybridized carbons (Fsp3) is 1.00. The zero-order chi connectivity index (χ0) is 13.1. The van der Waals surface area contributed by atoms with E-state index in [1.54, 1.807) is 0 Å². The minimum atomic E-state index is -2.83. The zero-order valence-electron chi connectivity index (χ0n) is 11.2. The highest BCUT2D eigenvalue weighted by Gasteiger charge is 2.30. The lowest BCUT2D eigenvalue weighted by Crippen LogP contribution is -2.51. The van der Waals surface area contributed by atoms with Gasteiger partial charge in [-0.2, -0.15) is 0 Å². The van der Waals surface area contributed by atoms with Gasteiger partial charge in [0.05, 0.1) is 5.75 Å². The van der Waals surface area contributed by atoms with Gasteiger partial charge in [0.25, 0.3) is 0 Å². The van der Waals surface area contributed by atoms with Crippen molar-refractivity contribution in [3.63, 3.8) is 0 Å². The molecule has 1 aliphatic rings. The van der Waals surface area contributed by atoms with E-state index in [1.165, 1.54) is 12.7 Å². The van der Waals surface area contributed by atoms with Crippen LogP contribution in [0.4, 0.5) is 0 Å². The normalized spacial score (nSPS) is 31.6. The molecule has 0 aromatic rings. The predicted molar refractivity (Wildman–Crippen MR) is 71.7 cm³/mol. The van der Waals surface area contributed by atoms with Crippen LogP contribution < -0.4 is 5.73 Å². The molecule has 5 heteroatoms. The molecular weight excluding hydrogens is 236 g/mol. The number of likely N-dealkylation sites (tertiary alicyclic amines) is 1. The molecule has 1 saturated heterocycles. The average Bonchev–Trinajstić information content (AvgIpc) is 2.14. The van der Waals surface area contributed by atoms with Gasteiger partial charge in [0.1, 0.15) is 9.84 Å². The maximum atomic E-state index is 11.1. The molecule has 0 saturated carbocycles. The Balaban J connectivity index is 2.48. The third-order valence-corrected chi connectivity index (χ3v) is 4.68. The molecule has 102 valence electrons. The van der Waals surface area contributed by atoms with Gasteiger partial charge in [0.2, 0.25) is 0 Å². The van der Waals surface area contributed by atoms with E-state index in [0.29, 0.717) is 24.4 Å². The molecule has 3 atom stereocenters. The van der Waals surface area contributed by atoms with Crippen molar-refractivity contribution < 1.29 is 8.42 Å². The summed E-state index contributed by atoms with van der Waals surface area (Å²) < 4.78 is 22.2. The molecule has 0 amide bonds. The van der Waals surface area contributed by atoms with Crippen LogP contribution >= 0.6 is 0 Å². The van der Waals surface area contributed by atoms with Crippen LogP contribution in [0.5, 0.6) is 0 Å². The zero-order valence-corrected chi connectivity index (χ0v) is 12.0. The molecule has 0 aromatic heterocycles. The van der Waals surface area contributed by atoms with Crippen molar-refractivity contribution in [3.8, 4) is 0 Å². The lowest BCUT2D eigenvalue weighted by atomic mass is 9.85. The van der Waals surface area contributed by atoms with E-state index < -0.39 is 9.84 Å². The largest absolute Gasteiger partial charge is 0.329 e. The van der Waals surface area contributed by atoms with E-state index in [-0.39, 0.29) is 5.75 Å². The molecule has 17 heavy (non-hydrogen) atoms. The first-order valence-corrected chi connectivity index (χ1v) is 8.51. The molecule has 3 unspecified atom stereocenters.